The number of likely N-dealkylation sites (N-methyl/N-ethyl adjacent to an activating group) is 1. The number of hydrogen-bond acceptors (Lipinski definition) is 4. The van der Waals surface area contributed by atoms with Crippen LogP contribution < -0.4 is 15.4 Å². The second kappa shape index (κ2) is 11.7. The molecule has 0 aromatic heterocycles. The van der Waals surface area contributed by atoms with Gasteiger partial charge in [0.05, 0.1) is 6.04 Å². The number of rotatable bonds is 9. The number of para-hydroxylation sites is 1. The Balaban J connectivity index is 0.00000576. The highest BCUT2D eigenvalue weighted by Crippen LogP contribution is 2.27. The summed E-state index contributed by atoms with van der Waals surface area (Å²) in [7, 11) is 5.21. The Kier molecular flexibility index (Phi) is 10.9. The first kappa shape index (κ1) is 23.2. The molecule has 2 unspecified atom stereocenters. The van der Waals surface area contributed by atoms with Crippen molar-refractivity contribution >= 4 is 24.2 Å². The number of benzene rings is 1. The minimum absolute atomic E-state index is 0. The van der Waals surface area contributed by atoms with Crippen LogP contribution in [0, 0.1) is 5.92 Å². The van der Waals surface area contributed by atoms with E-state index in [2.05, 4.69) is 10.6 Å². The van der Waals surface area contributed by atoms with Crippen LogP contribution in [0.4, 0.5) is 0 Å². The molecule has 0 saturated heterocycles. The molecular formula is C18H30ClN3O3. The number of nitrogens with zero attached hydrogens (tertiary/aromatic N) is 1. The van der Waals surface area contributed by atoms with Crippen molar-refractivity contribution in [1.82, 2.24) is 15.5 Å². The Hall–Kier alpha value is -1.79. The van der Waals surface area contributed by atoms with Gasteiger partial charge in [0.15, 0.2) is 6.61 Å². The Bertz CT molecular complexity index is 552. The van der Waals surface area contributed by atoms with E-state index in [1.807, 2.05) is 45.2 Å². The first-order chi connectivity index (χ1) is 11.4. The number of hydrogen-bond donors (Lipinski definition) is 2. The predicted molar refractivity (Wildman–Crippen MR) is 102 cm³/mol. The van der Waals surface area contributed by atoms with Gasteiger partial charge in [-0.1, -0.05) is 32.0 Å². The first-order valence-corrected chi connectivity index (χ1v) is 8.27. The monoisotopic (exact) mass is 371 g/mol. The first-order valence-electron chi connectivity index (χ1n) is 8.27. The van der Waals surface area contributed by atoms with Gasteiger partial charge in [-0.15, -0.1) is 12.4 Å². The molecule has 142 valence electrons. The third-order valence-electron chi connectivity index (χ3n) is 3.83. The molecule has 0 aliphatic rings. The molecule has 0 fully saturated rings. The maximum atomic E-state index is 12.3. The molecule has 2 amide bonds. The molecule has 1 aromatic carbocycles. The van der Waals surface area contributed by atoms with E-state index >= 15 is 0 Å². The molecule has 2 N–H and O–H groups in total. The second-order valence-electron chi connectivity index (χ2n) is 6.04. The Morgan fingerprint density at radius 3 is 2.44 bits per heavy atom. The van der Waals surface area contributed by atoms with Crippen molar-refractivity contribution in [3.63, 3.8) is 0 Å². The van der Waals surface area contributed by atoms with E-state index in [-0.39, 0.29) is 42.8 Å². The van der Waals surface area contributed by atoms with Gasteiger partial charge in [-0.05, 0) is 19.5 Å². The third-order valence-corrected chi connectivity index (χ3v) is 3.83. The van der Waals surface area contributed by atoms with Crippen molar-refractivity contribution < 1.29 is 14.3 Å². The highest BCUT2D eigenvalue weighted by atomic mass is 35.5. The summed E-state index contributed by atoms with van der Waals surface area (Å²) < 4.78 is 5.68. The molecule has 0 bridgehead atoms. The zero-order valence-corrected chi connectivity index (χ0v) is 16.5. The Morgan fingerprint density at radius 2 is 1.88 bits per heavy atom. The SMILES string of the molecule is CCC(NC(=O)C(C)CNC)c1ccccc1OCC(=O)N(C)C.Cl. The van der Waals surface area contributed by atoms with Crippen molar-refractivity contribution in [1.29, 1.82) is 0 Å². The number of ether oxygens (including phenoxy) is 1. The van der Waals surface area contributed by atoms with Crippen molar-refractivity contribution in [3.05, 3.63) is 29.8 Å². The highest BCUT2D eigenvalue weighted by Gasteiger charge is 2.20. The summed E-state index contributed by atoms with van der Waals surface area (Å²) in [6.07, 6.45) is 0.736. The summed E-state index contributed by atoms with van der Waals surface area (Å²) in [6.45, 7) is 4.49. The van der Waals surface area contributed by atoms with Crippen molar-refractivity contribution in [2.45, 2.75) is 26.3 Å². The summed E-state index contributed by atoms with van der Waals surface area (Å²) in [5, 5.41) is 6.07. The van der Waals surface area contributed by atoms with Gasteiger partial charge in [-0.3, -0.25) is 9.59 Å². The number of halogens is 1. The largest absolute Gasteiger partial charge is 0.483 e. The van der Waals surface area contributed by atoms with E-state index < -0.39 is 0 Å². The van der Waals surface area contributed by atoms with Gasteiger partial charge in [0.2, 0.25) is 5.91 Å². The molecule has 0 spiro atoms. The minimum Gasteiger partial charge on any atom is -0.483 e. The van der Waals surface area contributed by atoms with Crippen LogP contribution in [-0.4, -0.2) is 51.0 Å². The van der Waals surface area contributed by atoms with Crippen LogP contribution in [0.15, 0.2) is 24.3 Å². The standard InChI is InChI=1S/C18H29N3O3.ClH/c1-6-15(20-18(23)13(2)11-19-3)14-9-7-8-10-16(14)24-12-17(22)21(4)5;/h7-10,13,15,19H,6,11-12H2,1-5H3,(H,20,23);1H. The minimum atomic E-state index is -0.150. The predicted octanol–water partition coefficient (Wildman–Crippen LogP) is 2.00. The lowest BCUT2D eigenvalue weighted by molar-refractivity contribution is -0.131. The molecule has 2 atom stereocenters. The van der Waals surface area contributed by atoms with E-state index in [4.69, 9.17) is 4.74 Å². The van der Waals surface area contributed by atoms with Crippen LogP contribution in [0.3, 0.4) is 0 Å². The molecule has 1 aromatic rings. The average Bonchev–Trinajstić information content (AvgIpc) is 2.57. The molecular weight excluding hydrogens is 342 g/mol. The summed E-state index contributed by atoms with van der Waals surface area (Å²) >= 11 is 0. The van der Waals surface area contributed by atoms with Gasteiger partial charge in [0.1, 0.15) is 5.75 Å². The maximum Gasteiger partial charge on any atom is 0.259 e. The highest BCUT2D eigenvalue weighted by molar-refractivity contribution is 5.85. The molecule has 0 aliphatic heterocycles. The summed E-state index contributed by atoms with van der Waals surface area (Å²) in [6, 6.07) is 7.36. The van der Waals surface area contributed by atoms with Gasteiger partial charge in [-0.25, -0.2) is 0 Å². The molecule has 25 heavy (non-hydrogen) atoms. The van der Waals surface area contributed by atoms with Crippen molar-refractivity contribution in [2.24, 2.45) is 5.92 Å². The smallest absolute Gasteiger partial charge is 0.259 e. The lowest BCUT2D eigenvalue weighted by atomic mass is 10.0. The molecule has 1 rings (SSSR count). The molecule has 0 heterocycles. The van der Waals surface area contributed by atoms with Gasteiger partial charge in [0.25, 0.3) is 5.91 Å². The number of carbonyl (C=O) groups is 2. The van der Waals surface area contributed by atoms with E-state index in [1.165, 1.54) is 4.90 Å². The Morgan fingerprint density at radius 1 is 1.24 bits per heavy atom. The number of carbonyl (C=O) groups excluding carboxylic acids is 2. The van der Waals surface area contributed by atoms with Gasteiger partial charge < -0.3 is 20.3 Å². The molecule has 6 nitrogen and oxygen atoms in total. The molecule has 0 radical (unpaired) electrons. The summed E-state index contributed by atoms with van der Waals surface area (Å²) in [5.74, 6) is 0.397. The fraction of sp³-hybridized carbons (Fsp3) is 0.556. The van der Waals surface area contributed by atoms with Crippen molar-refractivity contribution in [3.8, 4) is 5.75 Å². The van der Waals surface area contributed by atoms with Crippen LogP contribution in [0.25, 0.3) is 0 Å². The third kappa shape index (κ3) is 7.32. The topological polar surface area (TPSA) is 70.7 Å². The van der Waals surface area contributed by atoms with E-state index in [1.54, 1.807) is 14.1 Å². The van der Waals surface area contributed by atoms with E-state index in [0.717, 1.165) is 12.0 Å². The fourth-order valence-electron chi connectivity index (χ4n) is 2.28. The van der Waals surface area contributed by atoms with Gasteiger partial charge in [0, 0.05) is 32.1 Å². The van der Waals surface area contributed by atoms with Gasteiger partial charge >= 0.3 is 0 Å². The Labute approximate surface area is 156 Å². The number of amides is 2. The molecule has 7 heteroatoms. The fourth-order valence-corrected chi connectivity index (χ4v) is 2.28. The quantitative estimate of drug-likeness (QED) is 0.696. The van der Waals surface area contributed by atoms with E-state index in [0.29, 0.717) is 12.3 Å². The summed E-state index contributed by atoms with van der Waals surface area (Å²) in [4.78, 5) is 25.5. The zero-order chi connectivity index (χ0) is 18.1. The van der Waals surface area contributed by atoms with Crippen LogP contribution in [-0.2, 0) is 9.59 Å². The van der Waals surface area contributed by atoms with Crippen LogP contribution >= 0.6 is 12.4 Å². The lowest BCUT2D eigenvalue weighted by Gasteiger charge is -2.23. The van der Waals surface area contributed by atoms with Gasteiger partial charge in [-0.2, -0.15) is 0 Å². The maximum absolute atomic E-state index is 12.3. The summed E-state index contributed by atoms with van der Waals surface area (Å²) in [5.41, 5.74) is 0.886. The number of nitrogens with one attached hydrogen (secondary N) is 2. The van der Waals surface area contributed by atoms with E-state index in [9.17, 15) is 9.59 Å². The average molecular weight is 372 g/mol. The molecule has 0 saturated carbocycles. The van der Waals surface area contributed by atoms with Crippen LogP contribution in [0.5, 0.6) is 5.75 Å². The van der Waals surface area contributed by atoms with Crippen LogP contribution in [0.1, 0.15) is 31.9 Å². The van der Waals surface area contributed by atoms with Crippen LogP contribution in [0.2, 0.25) is 0 Å². The molecule has 0 aliphatic carbocycles. The second-order valence-corrected chi connectivity index (χ2v) is 6.04. The lowest BCUT2D eigenvalue weighted by Crippen LogP contribution is -2.36. The zero-order valence-electron chi connectivity index (χ0n) is 15.7. The normalized spacial score (nSPS) is 12.5. The van der Waals surface area contributed by atoms with Crippen molar-refractivity contribution in [2.75, 3.05) is 34.3 Å².